The molecular formula is C22H21ClN4O3S. The van der Waals surface area contributed by atoms with E-state index in [4.69, 9.17) is 16.3 Å². The molecule has 160 valence electrons. The van der Waals surface area contributed by atoms with Crippen LogP contribution in [-0.4, -0.2) is 43.8 Å². The summed E-state index contributed by atoms with van der Waals surface area (Å²) in [5, 5.41) is 9.81. The van der Waals surface area contributed by atoms with Crippen molar-refractivity contribution in [2.75, 3.05) is 12.3 Å². The van der Waals surface area contributed by atoms with Crippen molar-refractivity contribution in [3.05, 3.63) is 71.0 Å². The van der Waals surface area contributed by atoms with Crippen LogP contribution in [0.5, 0.6) is 5.75 Å². The maximum atomic E-state index is 12.4. The Morgan fingerprint density at radius 3 is 2.58 bits per heavy atom. The number of aromatic nitrogens is 3. The predicted molar refractivity (Wildman–Crippen MR) is 118 cm³/mol. The van der Waals surface area contributed by atoms with Gasteiger partial charge in [-0.25, -0.2) is 0 Å². The van der Waals surface area contributed by atoms with Crippen molar-refractivity contribution in [2.24, 2.45) is 0 Å². The van der Waals surface area contributed by atoms with Crippen molar-refractivity contribution in [1.82, 2.24) is 19.7 Å². The quantitative estimate of drug-likeness (QED) is 0.480. The third-order valence-electron chi connectivity index (χ3n) is 4.86. The van der Waals surface area contributed by atoms with Crippen LogP contribution in [0.3, 0.4) is 0 Å². The van der Waals surface area contributed by atoms with Gasteiger partial charge in [0.2, 0.25) is 11.8 Å². The summed E-state index contributed by atoms with van der Waals surface area (Å²) < 4.78 is 7.79. The number of carbonyl (C=O) groups is 2. The Bertz CT molecular complexity index is 1060. The summed E-state index contributed by atoms with van der Waals surface area (Å²) in [6, 6.07) is 17.1. The molecule has 1 saturated heterocycles. The highest BCUT2D eigenvalue weighted by molar-refractivity contribution is 7.99. The van der Waals surface area contributed by atoms with E-state index in [1.54, 1.807) is 24.3 Å². The van der Waals surface area contributed by atoms with E-state index in [2.05, 4.69) is 10.2 Å². The number of nitrogens with zero attached hydrogens (tertiary/aromatic N) is 4. The first-order chi connectivity index (χ1) is 15.1. The van der Waals surface area contributed by atoms with Gasteiger partial charge in [0.05, 0.1) is 12.3 Å². The van der Waals surface area contributed by atoms with Crippen LogP contribution in [0.2, 0.25) is 5.02 Å². The molecule has 0 N–H and O–H groups in total. The molecule has 7 nitrogen and oxygen atoms in total. The molecule has 0 spiro atoms. The molecule has 2 aromatic carbocycles. The summed E-state index contributed by atoms with van der Waals surface area (Å²) in [5.74, 6) is 1.16. The molecule has 9 heteroatoms. The van der Waals surface area contributed by atoms with E-state index in [1.807, 2.05) is 34.9 Å². The Hall–Kier alpha value is -2.84. The predicted octanol–water partition coefficient (Wildman–Crippen LogP) is 3.80. The minimum atomic E-state index is -0.194. The van der Waals surface area contributed by atoms with E-state index in [0.29, 0.717) is 41.3 Å². The van der Waals surface area contributed by atoms with Gasteiger partial charge in [-0.1, -0.05) is 53.7 Å². The smallest absolute Gasteiger partial charge is 0.239 e. The van der Waals surface area contributed by atoms with Crippen molar-refractivity contribution >= 4 is 35.2 Å². The molecule has 0 saturated carbocycles. The first-order valence-corrected chi connectivity index (χ1v) is 11.3. The second kappa shape index (κ2) is 9.98. The fraction of sp³-hybridized carbons (Fsp3) is 0.273. The van der Waals surface area contributed by atoms with Gasteiger partial charge in [0, 0.05) is 18.0 Å². The summed E-state index contributed by atoms with van der Waals surface area (Å²) in [5.41, 5.74) is 1.08. The Morgan fingerprint density at radius 1 is 1.10 bits per heavy atom. The zero-order valence-electron chi connectivity index (χ0n) is 16.7. The van der Waals surface area contributed by atoms with E-state index in [9.17, 15) is 9.59 Å². The van der Waals surface area contributed by atoms with E-state index in [1.165, 1.54) is 16.7 Å². The van der Waals surface area contributed by atoms with E-state index in [0.717, 1.165) is 12.0 Å². The van der Waals surface area contributed by atoms with Gasteiger partial charge in [-0.2, -0.15) is 0 Å². The number of rotatable bonds is 8. The van der Waals surface area contributed by atoms with E-state index in [-0.39, 0.29) is 24.2 Å². The highest BCUT2D eigenvalue weighted by Crippen LogP contribution is 2.22. The van der Waals surface area contributed by atoms with Gasteiger partial charge >= 0.3 is 0 Å². The Balaban J connectivity index is 1.49. The number of hydrogen-bond donors (Lipinski definition) is 0. The van der Waals surface area contributed by atoms with Gasteiger partial charge in [0.1, 0.15) is 12.4 Å². The molecule has 31 heavy (non-hydrogen) atoms. The van der Waals surface area contributed by atoms with Gasteiger partial charge in [-0.3, -0.25) is 19.1 Å². The minimum Gasteiger partial charge on any atom is -0.486 e. The Morgan fingerprint density at radius 2 is 1.87 bits per heavy atom. The minimum absolute atomic E-state index is 0.103. The van der Waals surface area contributed by atoms with Gasteiger partial charge in [-0.15, -0.1) is 10.2 Å². The number of amides is 2. The lowest BCUT2D eigenvalue weighted by atomic mass is 10.2. The summed E-state index contributed by atoms with van der Waals surface area (Å²) >= 11 is 7.21. The molecule has 2 heterocycles. The van der Waals surface area contributed by atoms with Crippen molar-refractivity contribution in [3.63, 3.8) is 0 Å². The van der Waals surface area contributed by atoms with Crippen molar-refractivity contribution in [2.45, 2.75) is 31.1 Å². The van der Waals surface area contributed by atoms with E-state index < -0.39 is 0 Å². The maximum absolute atomic E-state index is 12.4. The maximum Gasteiger partial charge on any atom is 0.239 e. The summed E-state index contributed by atoms with van der Waals surface area (Å²) in [4.78, 5) is 25.6. The average molecular weight is 457 g/mol. The molecule has 1 aromatic heterocycles. The molecule has 0 aliphatic carbocycles. The molecule has 0 bridgehead atoms. The van der Waals surface area contributed by atoms with Crippen LogP contribution in [0.1, 0.15) is 24.2 Å². The molecule has 3 aromatic rings. The van der Waals surface area contributed by atoms with Crippen molar-refractivity contribution in [3.8, 4) is 5.75 Å². The average Bonchev–Trinajstić information content (AvgIpc) is 3.38. The molecule has 4 rings (SSSR count). The molecular weight excluding hydrogens is 436 g/mol. The fourth-order valence-corrected chi connectivity index (χ4v) is 4.21. The lowest BCUT2D eigenvalue weighted by Gasteiger charge is -2.14. The number of hydrogen-bond acceptors (Lipinski definition) is 6. The SMILES string of the molecule is O=C1CCCN1C(=O)CSc1nnc(COc2ccc(Cl)cc2)n1Cc1ccccc1. The molecule has 0 radical (unpaired) electrons. The summed E-state index contributed by atoms with van der Waals surface area (Å²) in [6.07, 6.45) is 1.17. The standard InChI is InChI=1S/C22H21ClN4O3S/c23-17-8-10-18(11-9-17)30-14-19-24-25-22(27(19)13-16-5-2-1-3-6-16)31-15-21(29)26-12-4-7-20(26)28/h1-3,5-6,8-11H,4,7,12-15H2. The van der Waals surface area contributed by atoms with E-state index >= 15 is 0 Å². The topological polar surface area (TPSA) is 77.3 Å². The molecule has 1 aliphatic heterocycles. The number of likely N-dealkylation sites (tertiary alicyclic amines) is 1. The molecule has 0 atom stereocenters. The largest absolute Gasteiger partial charge is 0.486 e. The van der Waals surface area contributed by atoms with Gasteiger partial charge in [-0.05, 0) is 36.2 Å². The second-order valence-corrected chi connectivity index (χ2v) is 8.42. The number of imide groups is 1. The van der Waals surface area contributed by atoms with Gasteiger partial charge in [0.25, 0.3) is 0 Å². The molecule has 1 fully saturated rings. The zero-order chi connectivity index (χ0) is 21.6. The van der Waals surface area contributed by atoms with Crippen LogP contribution in [0, 0.1) is 0 Å². The van der Waals surface area contributed by atoms with Gasteiger partial charge in [0.15, 0.2) is 11.0 Å². The second-order valence-electron chi connectivity index (χ2n) is 7.04. The summed E-state index contributed by atoms with van der Waals surface area (Å²) in [6.45, 7) is 1.27. The van der Waals surface area contributed by atoms with Crippen LogP contribution < -0.4 is 4.74 Å². The van der Waals surface area contributed by atoms with Crippen LogP contribution in [0.25, 0.3) is 0 Å². The lowest BCUT2D eigenvalue weighted by Crippen LogP contribution is -2.33. The molecule has 1 aliphatic rings. The highest BCUT2D eigenvalue weighted by Gasteiger charge is 2.27. The van der Waals surface area contributed by atoms with Gasteiger partial charge < -0.3 is 4.74 Å². The van der Waals surface area contributed by atoms with Crippen LogP contribution in [-0.2, 0) is 22.7 Å². The van der Waals surface area contributed by atoms with Crippen molar-refractivity contribution in [1.29, 1.82) is 0 Å². The Labute approximate surface area is 189 Å². The first-order valence-electron chi connectivity index (χ1n) is 9.90. The number of benzene rings is 2. The number of ether oxygens (including phenoxy) is 1. The molecule has 2 amide bonds. The third-order valence-corrected chi connectivity index (χ3v) is 6.06. The number of thioether (sulfide) groups is 1. The number of halogens is 1. The highest BCUT2D eigenvalue weighted by atomic mass is 35.5. The van der Waals surface area contributed by atoms with Crippen LogP contribution in [0.15, 0.2) is 59.8 Å². The fourth-order valence-electron chi connectivity index (χ4n) is 3.25. The summed E-state index contributed by atoms with van der Waals surface area (Å²) in [7, 11) is 0. The number of carbonyl (C=O) groups excluding carboxylic acids is 2. The lowest BCUT2D eigenvalue weighted by molar-refractivity contribution is -0.140. The zero-order valence-corrected chi connectivity index (χ0v) is 18.3. The molecule has 0 unspecified atom stereocenters. The first kappa shape index (κ1) is 21.4. The third kappa shape index (κ3) is 5.45. The normalized spacial score (nSPS) is 13.6. The van der Waals surface area contributed by atoms with Crippen molar-refractivity contribution < 1.29 is 14.3 Å². The monoisotopic (exact) mass is 456 g/mol. The Kier molecular flexibility index (Phi) is 6.89. The van der Waals surface area contributed by atoms with Crippen LogP contribution >= 0.6 is 23.4 Å². The van der Waals surface area contributed by atoms with Crippen LogP contribution in [0.4, 0.5) is 0 Å².